The molecule has 0 spiro atoms. The Morgan fingerprint density at radius 1 is 1.13 bits per heavy atom. The number of hydrogen-bond donors (Lipinski definition) is 0. The van der Waals surface area contributed by atoms with Gasteiger partial charge in [0.2, 0.25) is 0 Å². The number of esters is 1. The number of hydrogen-bond acceptors (Lipinski definition) is 6. The molecular formula is C23H24N2O4S. The summed E-state index contributed by atoms with van der Waals surface area (Å²) in [5.74, 6) is -0.448. The minimum Gasteiger partial charge on any atom is -0.469 e. The highest BCUT2D eigenvalue weighted by molar-refractivity contribution is 8.00. The van der Waals surface area contributed by atoms with E-state index in [4.69, 9.17) is 4.74 Å². The van der Waals surface area contributed by atoms with E-state index in [0.29, 0.717) is 21.6 Å². The molecule has 1 heterocycles. The molecule has 156 valence electrons. The van der Waals surface area contributed by atoms with E-state index in [0.717, 1.165) is 6.42 Å². The van der Waals surface area contributed by atoms with E-state index < -0.39 is 11.2 Å². The van der Waals surface area contributed by atoms with Crippen molar-refractivity contribution >= 4 is 34.4 Å². The molecule has 30 heavy (non-hydrogen) atoms. The van der Waals surface area contributed by atoms with Gasteiger partial charge in [-0.2, -0.15) is 0 Å². The van der Waals surface area contributed by atoms with Crippen molar-refractivity contribution in [2.75, 3.05) is 7.11 Å². The molecule has 1 aromatic heterocycles. The standard InChI is InChI=1S/C23H24N2O4S/c1-4-16-9-11-17(12-10-16)21(27)15(2)30-23-24-19-8-6-5-7-18(19)22(28)25(23)14-13-20(26)29-3/h5-12,15H,4,13-14H2,1-3H3/t15-/m0/s1. The number of fused-ring (bicyclic) bond motifs is 1. The van der Waals surface area contributed by atoms with Crippen molar-refractivity contribution in [1.29, 1.82) is 0 Å². The number of methoxy groups -OCH3 is 1. The number of aromatic nitrogens is 2. The highest BCUT2D eigenvalue weighted by atomic mass is 32.2. The van der Waals surface area contributed by atoms with Crippen LogP contribution < -0.4 is 5.56 Å². The molecule has 6 nitrogen and oxygen atoms in total. The van der Waals surface area contributed by atoms with Crippen LogP contribution in [0.15, 0.2) is 58.5 Å². The Bertz CT molecular complexity index is 1120. The smallest absolute Gasteiger partial charge is 0.307 e. The van der Waals surface area contributed by atoms with Crippen LogP contribution in [0, 0.1) is 0 Å². The lowest BCUT2D eigenvalue weighted by Gasteiger charge is -2.16. The molecule has 0 bridgehead atoms. The van der Waals surface area contributed by atoms with Gasteiger partial charge >= 0.3 is 5.97 Å². The number of Topliss-reactive ketones (excluding diaryl/α,β-unsaturated/α-hetero) is 1. The van der Waals surface area contributed by atoms with Gasteiger partial charge in [0, 0.05) is 12.1 Å². The zero-order valence-electron chi connectivity index (χ0n) is 17.3. The average molecular weight is 425 g/mol. The summed E-state index contributed by atoms with van der Waals surface area (Å²) >= 11 is 1.22. The summed E-state index contributed by atoms with van der Waals surface area (Å²) < 4.78 is 6.15. The molecule has 0 fully saturated rings. The lowest BCUT2D eigenvalue weighted by atomic mass is 10.1. The van der Waals surface area contributed by atoms with Crippen molar-refractivity contribution in [2.24, 2.45) is 0 Å². The highest BCUT2D eigenvalue weighted by Gasteiger charge is 2.21. The summed E-state index contributed by atoms with van der Waals surface area (Å²) in [5.41, 5.74) is 2.11. The first-order chi connectivity index (χ1) is 14.4. The second-order valence-corrected chi connectivity index (χ2v) is 8.18. The first-order valence-corrected chi connectivity index (χ1v) is 10.7. The van der Waals surface area contributed by atoms with Gasteiger partial charge in [-0.3, -0.25) is 19.0 Å². The molecule has 0 aliphatic heterocycles. The highest BCUT2D eigenvalue weighted by Crippen LogP contribution is 2.25. The molecule has 0 unspecified atom stereocenters. The Hall–Kier alpha value is -2.93. The second-order valence-electron chi connectivity index (χ2n) is 6.87. The number of rotatable bonds is 8. The molecule has 0 saturated carbocycles. The summed E-state index contributed by atoms with van der Waals surface area (Å²) in [5, 5.41) is 0.435. The molecule has 3 aromatic rings. The first kappa shape index (κ1) is 21.8. The zero-order valence-corrected chi connectivity index (χ0v) is 18.1. The SMILES string of the molecule is CCc1ccc(C(=O)[C@H](C)Sc2nc3ccccc3c(=O)n2CCC(=O)OC)cc1. The van der Waals surface area contributed by atoms with Gasteiger partial charge in [0.1, 0.15) is 0 Å². The van der Waals surface area contributed by atoms with Crippen molar-refractivity contribution in [1.82, 2.24) is 9.55 Å². The third-order valence-corrected chi connectivity index (χ3v) is 5.98. The van der Waals surface area contributed by atoms with E-state index in [-0.39, 0.29) is 24.3 Å². The van der Waals surface area contributed by atoms with Crippen molar-refractivity contribution < 1.29 is 14.3 Å². The first-order valence-electron chi connectivity index (χ1n) is 9.80. The molecule has 0 N–H and O–H groups in total. The molecule has 0 radical (unpaired) electrons. The molecule has 0 aliphatic rings. The van der Waals surface area contributed by atoms with Crippen molar-refractivity contribution in [3.8, 4) is 0 Å². The summed E-state index contributed by atoms with van der Waals surface area (Å²) in [7, 11) is 1.31. The molecule has 3 rings (SSSR count). The largest absolute Gasteiger partial charge is 0.469 e. The zero-order chi connectivity index (χ0) is 21.7. The lowest BCUT2D eigenvalue weighted by molar-refractivity contribution is -0.140. The fourth-order valence-electron chi connectivity index (χ4n) is 3.09. The molecule has 2 aromatic carbocycles. The third kappa shape index (κ3) is 4.79. The van der Waals surface area contributed by atoms with Crippen LogP contribution in [0.1, 0.15) is 36.2 Å². The summed E-state index contributed by atoms with van der Waals surface area (Å²) in [6, 6.07) is 14.6. The molecule has 1 atom stereocenters. The van der Waals surface area contributed by atoms with E-state index in [1.54, 1.807) is 25.1 Å². The Labute approximate surface area is 179 Å². The van der Waals surface area contributed by atoms with E-state index >= 15 is 0 Å². The Morgan fingerprint density at radius 2 is 1.83 bits per heavy atom. The normalized spacial score (nSPS) is 12.0. The maximum atomic E-state index is 13.0. The summed E-state index contributed by atoms with van der Waals surface area (Å²) in [6.07, 6.45) is 0.955. The van der Waals surface area contributed by atoms with Crippen LogP contribution in [0.4, 0.5) is 0 Å². The minimum absolute atomic E-state index is 0.0374. The molecule has 7 heteroatoms. The Kier molecular flexibility index (Phi) is 7.05. The minimum atomic E-state index is -0.449. The number of carbonyl (C=O) groups is 2. The number of benzene rings is 2. The predicted octanol–water partition coefficient (Wildman–Crippen LogP) is 3.89. The van der Waals surface area contributed by atoms with Crippen LogP contribution in [0.2, 0.25) is 0 Å². The quantitative estimate of drug-likeness (QED) is 0.236. The van der Waals surface area contributed by atoms with Crippen LogP contribution in [-0.4, -0.2) is 33.7 Å². The van der Waals surface area contributed by atoms with Gasteiger partial charge in [-0.25, -0.2) is 4.98 Å². The maximum Gasteiger partial charge on any atom is 0.307 e. The lowest BCUT2D eigenvalue weighted by Crippen LogP contribution is -2.26. The van der Waals surface area contributed by atoms with Crippen LogP contribution in [0.3, 0.4) is 0 Å². The fraction of sp³-hybridized carbons (Fsp3) is 0.304. The number of para-hydroxylation sites is 1. The Balaban J connectivity index is 1.93. The summed E-state index contributed by atoms with van der Waals surface area (Å²) in [4.78, 5) is 42.2. The van der Waals surface area contributed by atoms with E-state index in [2.05, 4.69) is 11.9 Å². The van der Waals surface area contributed by atoms with Crippen molar-refractivity contribution in [3.05, 3.63) is 70.0 Å². The van der Waals surface area contributed by atoms with Crippen molar-refractivity contribution in [3.63, 3.8) is 0 Å². The Morgan fingerprint density at radius 3 is 2.50 bits per heavy atom. The molecular weight excluding hydrogens is 400 g/mol. The molecule has 0 aliphatic carbocycles. The van der Waals surface area contributed by atoms with E-state index in [1.165, 1.54) is 29.0 Å². The fourth-order valence-corrected chi connectivity index (χ4v) is 4.10. The predicted molar refractivity (Wildman–Crippen MR) is 118 cm³/mol. The summed E-state index contributed by atoms with van der Waals surface area (Å²) in [6.45, 7) is 4.00. The number of nitrogens with zero attached hydrogens (tertiary/aromatic N) is 2. The number of ether oxygens (including phenoxy) is 1. The molecule has 0 saturated heterocycles. The van der Waals surface area contributed by atoms with E-state index in [9.17, 15) is 14.4 Å². The van der Waals surface area contributed by atoms with Gasteiger partial charge < -0.3 is 4.74 Å². The van der Waals surface area contributed by atoms with Gasteiger partial charge in [-0.05, 0) is 31.0 Å². The van der Waals surface area contributed by atoms with Gasteiger partial charge in [0.15, 0.2) is 10.9 Å². The van der Waals surface area contributed by atoms with Gasteiger partial charge in [0.05, 0.1) is 29.7 Å². The van der Waals surface area contributed by atoms with Gasteiger partial charge in [-0.15, -0.1) is 0 Å². The van der Waals surface area contributed by atoms with Crippen LogP contribution in [0.5, 0.6) is 0 Å². The van der Waals surface area contributed by atoms with Gasteiger partial charge in [0.25, 0.3) is 5.56 Å². The number of thioether (sulfide) groups is 1. The van der Waals surface area contributed by atoms with Crippen LogP contribution in [-0.2, 0) is 22.5 Å². The monoisotopic (exact) mass is 424 g/mol. The van der Waals surface area contributed by atoms with Gasteiger partial charge in [-0.1, -0.05) is 55.1 Å². The van der Waals surface area contributed by atoms with Crippen LogP contribution in [0.25, 0.3) is 10.9 Å². The third-order valence-electron chi connectivity index (χ3n) is 4.89. The average Bonchev–Trinajstić information content (AvgIpc) is 2.78. The number of ketones is 1. The molecule has 0 amide bonds. The topological polar surface area (TPSA) is 78.3 Å². The number of carbonyl (C=O) groups excluding carboxylic acids is 2. The maximum absolute atomic E-state index is 13.0. The second kappa shape index (κ2) is 9.71. The number of aryl methyl sites for hydroxylation is 1. The van der Waals surface area contributed by atoms with Crippen LogP contribution >= 0.6 is 11.8 Å². The van der Waals surface area contributed by atoms with E-state index in [1.807, 2.05) is 30.3 Å². The van der Waals surface area contributed by atoms with Crippen molar-refractivity contribution in [2.45, 2.75) is 43.6 Å².